The van der Waals surface area contributed by atoms with Gasteiger partial charge in [0.2, 0.25) is 0 Å². The van der Waals surface area contributed by atoms with Crippen LogP contribution in [0.15, 0.2) is 66.9 Å². The Kier molecular flexibility index (Phi) is 7.38. The Balaban J connectivity index is 1.76. The standard InChI is InChI=1S/C24H27N5O3/c1-4-28(5-2)20-12-10-19(11-13-20)27-24(30)18-9-14-22(23(16-18)29(31)32)26-17(3)21-8-6-7-15-25-21/h6-17,26H,4-5H2,1-3H3,(H,27,30). The first kappa shape index (κ1) is 22.7. The van der Waals surface area contributed by atoms with E-state index in [9.17, 15) is 14.9 Å². The number of carbonyl (C=O) groups excluding carboxylic acids is 1. The smallest absolute Gasteiger partial charge is 0.293 e. The molecule has 1 unspecified atom stereocenters. The van der Waals surface area contributed by atoms with E-state index in [2.05, 4.69) is 34.4 Å². The summed E-state index contributed by atoms with van der Waals surface area (Å²) in [4.78, 5) is 30.3. The van der Waals surface area contributed by atoms with E-state index in [4.69, 9.17) is 0 Å². The lowest BCUT2D eigenvalue weighted by molar-refractivity contribution is -0.384. The van der Waals surface area contributed by atoms with Crippen LogP contribution in [0.1, 0.15) is 42.9 Å². The van der Waals surface area contributed by atoms with Crippen molar-refractivity contribution in [3.05, 3.63) is 88.2 Å². The molecule has 8 heteroatoms. The minimum atomic E-state index is -0.497. The Morgan fingerprint density at radius 1 is 1.09 bits per heavy atom. The molecule has 1 heterocycles. The molecule has 2 aromatic carbocycles. The maximum Gasteiger partial charge on any atom is 0.293 e. The topological polar surface area (TPSA) is 100 Å². The SMILES string of the molecule is CCN(CC)c1ccc(NC(=O)c2ccc(NC(C)c3ccccn3)c([N+](=O)[O-])c2)cc1. The molecule has 0 spiro atoms. The van der Waals surface area contributed by atoms with E-state index >= 15 is 0 Å². The van der Waals surface area contributed by atoms with Gasteiger partial charge in [0.1, 0.15) is 5.69 Å². The van der Waals surface area contributed by atoms with Crippen molar-refractivity contribution in [2.45, 2.75) is 26.8 Å². The molecule has 0 fully saturated rings. The maximum absolute atomic E-state index is 12.7. The minimum absolute atomic E-state index is 0.169. The lowest BCUT2D eigenvalue weighted by atomic mass is 10.1. The van der Waals surface area contributed by atoms with Gasteiger partial charge in [-0.3, -0.25) is 19.9 Å². The Morgan fingerprint density at radius 3 is 2.41 bits per heavy atom. The molecule has 0 radical (unpaired) electrons. The van der Waals surface area contributed by atoms with Crippen LogP contribution in [-0.4, -0.2) is 28.9 Å². The highest BCUT2D eigenvalue weighted by Gasteiger charge is 2.20. The Morgan fingerprint density at radius 2 is 1.81 bits per heavy atom. The summed E-state index contributed by atoms with van der Waals surface area (Å²) < 4.78 is 0. The number of nitrogens with zero attached hydrogens (tertiary/aromatic N) is 3. The largest absolute Gasteiger partial charge is 0.372 e. The number of nitro benzene ring substituents is 1. The quantitative estimate of drug-likeness (QED) is 0.353. The van der Waals surface area contributed by atoms with Crippen LogP contribution >= 0.6 is 0 Å². The van der Waals surface area contributed by atoms with Gasteiger partial charge in [-0.05, 0) is 69.3 Å². The van der Waals surface area contributed by atoms with E-state index in [0.717, 1.165) is 24.5 Å². The second-order valence-electron chi connectivity index (χ2n) is 7.28. The average Bonchev–Trinajstić information content (AvgIpc) is 2.81. The number of hydrogen-bond acceptors (Lipinski definition) is 6. The van der Waals surface area contributed by atoms with Crippen LogP contribution in [0.3, 0.4) is 0 Å². The zero-order valence-corrected chi connectivity index (χ0v) is 18.4. The highest BCUT2D eigenvalue weighted by Crippen LogP contribution is 2.29. The second-order valence-corrected chi connectivity index (χ2v) is 7.28. The van der Waals surface area contributed by atoms with Gasteiger partial charge in [0.15, 0.2) is 0 Å². The number of rotatable bonds is 9. The predicted molar refractivity (Wildman–Crippen MR) is 127 cm³/mol. The fourth-order valence-electron chi connectivity index (χ4n) is 3.43. The zero-order chi connectivity index (χ0) is 23.1. The molecule has 8 nitrogen and oxygen atoms in total. The van der Waals surface area contributed by atoms with Gasteiger partial charge in [-0.25, -0.2) is 0 Å². The second kappa shape index (κ2) is 10.4. The first-order valence-corrected chi connectivity index (χ1v) is 10.5. The van der Waals surface area contributed by atoms with Crippen molar-refractivity contribution in [2.75, 3.05) is 28.6 Å². The summed E-state index contributed by atoms with van der Waals surface area (Å²) >= 11 is 0. The van der Waals surface area contributed by atoms with Crippen molar-refractivity contribution in [2.24, 2.45) is 0 Å². The van der Waals surface area contributed by atoms with Crippen LogP contribution in [0.4, 0.5) is 22.7 Å². The number of nitro groups is 1. The summed E-state index contributed by atoms with van der Waals surface area (Å²) in [5, 5.41) is 17.6. The maximum atomic E-state index is 12.7. The number of carbonyl (C=O) groups is 1. The molecule has 0 aliphatic carbocycles. The molecule has 2 N–H and O–H groups in total. The number of aromatic nitrogens is 1. The molecular weight excluding hydrogens is 406 g/mol. The number of amides is 1. The summed E-state index contributed by atoms with van der Waals surface area (Å²) in [6.45, 7) is 7.83. The fourth-order valence-corrected chi connectivity index (χ4v) is 3.43. The van der Waals surface area contributed by atoms with Gasteiger partial charge >= 0.3 is 0 Å². The van der Waals surface area contributed by atoms with Crippen molar-refractivity contribution in [1.29, 1.82) is 0 Å². The molecule has 0 aliphatic rings. The minimum Gasteiger partial charge on any atom is -0.372 e. The highest BCUT2D eigenvalue weighted by atomic mass is 16.6. The Hall–Kier alpha value is -3.94. The summed E-state index contributed by atoms with van der Waals surface area (Å²) in [6, 6.07) is 17.2. The third-order valence-corrected chi connectivity index (χ3v) is 5.21. The molecule has 32 heavy (non-hydrogen) atoms. The number of anilines is 3. The van der Waals surface area contributed by atoms with Gasteiger partial charge < -0.3 is 15.5 Å². The first-order chi connectivity index (χ1) is 15.4. The van der Waals surface area contributed by atoms with E-state index in [1.807, 2.05) is 49.4 Å². The predicted octanol–water partition coefficient (Wildman–Crippen LogP) is 5.26. The van der Waals surface area contributed by atoms with Gasteiger partial charge in [0.25, 0.3) is 11.6 Å². The summed E-state index contributed by atoms with van der Waals surface area (Å²) in [6.07, 6.45) is 1.67. The third-order valence-electron chi connectivity index (χ3n) is 5.21. The zero-order valence-electron chi connectivity index (χ0n) is 18.4. The average molecular weight is 434 g/mol. The summed E-state index contributed by atoms with van der Waals surface area (Å²) in [5.74, 6) is -0.409. The molecule has 0 bridgehead atoms. The van der Waals surface area contributed by atoms with Crippen molar-refractivity contribution in [1.82, 2.24) is 4.98 Å². The van der Waals surface area contributed by atoms with Crippen LogP contribution in [0, 0.1) is 10.1 Å². The fraction of sp³-hybridized carbons (Fsp3) is 0.250. The highest BCUT2D eigenvalue weighted by molar-refractivity contribution is 6.05. The number of hydrogen-bond donors (Lipinski definition) is 2. The molecule has 1 atom stereocenters. The van der Waals surface area contributed by atoms with Crippen molar-refractivity contribution in [3.8, 4) is 0 Å². The van der Waals surface area contributed by atoms with Gasteiger partial charge in [0, 0.05) is 42.3 Å². The van der Waals surface area contributed by atoms with Crippen molar-refractivity contribution in [3.63, 3.8) is 0 Å². The van der Waals surface area contributed by atoms with Gasteiger partial charge in [-0.1, -0.05) is 6.07 Å². The van der Waals surface area contributed by atoms with Crippen LogP contribution in [0.5, 0.6) is 0 Å². The van der Waals surface area contributed by atoms with Gasteiger partial charge in [-0.15, -0.1) is 0 Å². The normalized spacial score (nSPS) is 11.5. The van der Waals surface area contributed by atoms with Crippen molar-refractivity contribution >= 4 is 28.7 Å². The molecule has 1 amide bonds. The van der Waals surface area contributed by atoms with Crippen LogP contribution in [0.2, 0.25) is 0 Å². The molecular formula is C24H27N5O3. The molecule has 1 aromatic heterocycles. The van der Waals surface area contributed by atoms with Gasteiger partial charge in [0.05, 0.1) is 16.7 Å². The van der Waals surface area contributed by atoms with Crippen LogP contribution < -0.4 is 15.5 Å². The third kappa shape index (κ3) is 5.40. The Labute approximate surface area is 187 Å². The molecule has 3 aromatic rings. The van der Waals surface area contributed by atoms with Gasteiger partial charge in [-0.2, -0.15) is 0 Å². The van der Waals surface area contributed by atoms with E-state index in [1.54, 1.807) is 18.3 Å². The first-order valence-electron chi connectivity index (χ1n) is 10.5. The van der Waals surface area contributed by atoms with E-state index in [0.29, 0.717) is 11.4 Å². The lowest BCUT2D eigenvalue weighted by Crippen LogP contribution is -2.21. The number of benzene rings is 2. The number of pyridine rings is 1. The number of nitrogens with one attached hydrogen (secondary N) is 2. The summed E-state index contributed by atoms with van der Waals surface area (Å²) in [5.41, 5.74) is 2.82. The molecule has 0 aliphatic heterocycles. The molecule has 0 saturated heterocycles. The van der Waals surface area contributed by atoms with Crippen LogP contribution in [0.25, 0.3) is 0 Å². The van der Waals surface area contributed by atoms with Crippen molar-refractivity contribution < 1.29 is 9.72 Å². The van der Waals surface area contributed by atoms with E-state index < -0.39 is 10.8 Å². The van der Waals surface area contributed by atoms with E-state index in [1.165, 1.54) is 6.07 Å². The monoisotopic (exact) mass is 433 g/mol. The summed E-state index contributed by atoms with van der Waals surface area (Å²) in [7, 11) is 0. The van der Waals surface area contributed by atoms with Crippen LogP contribution in [-0.2, 0) is 0 Å². The molecule has 166 valence electrons. The molecule has 3 rings (SSSR count). The van der Waals surface area contributed by atoms with E-state index in [-0.39, 0.29) is 17.3 Å². The molecule has 0 saturated carbocycles. The Bertz CT molecular complexity index is 1070. The lowest BCUT2D eigenvalue weighted by Gasteiger charge is -2.21.